The van der Waals surface area contributed by atoms with E-state index >= 15 is 0 Å². The Bertz CT molecular complexity index is 671. The van der Waals surface area contributed by atoms with E-state index < -0.39 is 0 Å². The lowest BCUT2D eigenvalue weighted by Gasteiger charge is -2.10. The molecule has 0 unspecified atom stereocenters. The van der Waals surface area contributed by atoms with Crippen molar-refractivity contribution in [1.82, 2.24) is 0 Å². The second-order valence-electron chi connectivity index (χ2n) is 5.47. The summed E-state index contributed by atoms with van der Waals surface area (Å²) in [5.41, 5.74) is 1.62. The first-order chi connectivity index (χ1) is 11.6. The molecule has 4 nitrogen and oxygen atoms in total. The molecule has 0 saturated heterocycles. The molecule has 2 rings (SSSR count). The van der Waals surface area contributed by atoms with Crippen LogP contribution in [0.4, 0.5) is 5.69 Å². The lowest BCUT2D eigenvalue weighted by molar-refractivity contribution is -0.118. The number of ether oxygens (including phenoxy) is 2. The van der Waals surface area contributed by atoms with Gasteiger partial charge in [0.1, 0.15) is 11.5 Å². The Hall–Kier alpha value is -2.20. The third-order valence-electron chi connectivity index (χ3n) is 3.40. The Labute approximate surface area is 147 Å². The van der Waals surface area contributed by atoms with Gasteiger partial charge in [-0.2, -0.15) is 0 Å². The highest BCUT2D eigenvalue weighted by Gasteiger charge is 2.05. The predicted octanol–water partition coefficient (Wildman–Crippen LogP) is 4.84. The fourth-order valence-corrected chi connectivity index (χ4v) is 2.14. The van der Waals surface area contributed by atoms with Crippen LogP contribution in [-0.2, 0) is 4.79 Å². The molecule has 0 aliphatic rings. The first-order valence-corrected chi connectivity index (χ1v) is 8.38. The Morgan fingerprint density at radius 3 is 2.46 bits per heavy atom. The highest BCUT2D eigenvalue weighted by Crippen LogP contribution is 2.21. The molecule has 0 radical (unpaired) electrons. The van der Waals surface area contributed by atoms with Crippen LogP contribution in [0.3, 0.4) is 0 Å². The van der Waals surface area contributed by atoms with Crippen molar-refractivity contribution in [2.75, 3.05) is 18.5 Å². The SMILES string of the molecule is CCCCOc1ccc(NC(=O)COc2ccc(Cl)c(C)c2)cc1. The van der Waals surface area contributed by atoms with Gasteiger partial charge >= 0.3 is 0 Å². The van der Waals surface area contributed by atoms with Crippen molar-refractivity contribution in [2.45, 2.75) is 26.7 Å². The van der Waals surface area contributed by atoms with Crippen LogP contribution in [0.15, 0.2) is 42.5 Å². The summed E-state index contributed by atoms with van der Waals surface area (Å²) >= 11 is 5.96. The molecular weight excluding hydrogens is 326 g/mol. The molecule has 0 spiro atoms. The summed E-state index contributed by atoms with van der Waals surface area (Å²) in [6.07, 6.45) is 2.13. The summed E-state index contributed by atoms with van der Waals surface area (Å²) in [6, 6.07) is 12.6. The Balaban J connectivity index is 1.80. The number of aryl methyl sites for hydroxylation is 1. The van der Waals surface area contributed by atoms with Crippen LogP contribution in [0, 0.1) is 6.92 Å². The summed E-state index contributed by atoms with van der Waals surface area (Å²) in [5.74, 6) is 1.20. The van der Waals surface area contributed by atoms with E-state index in [0.29, 0.717) is 23.1 Å². The number of benzene rings is 2. The molecule has 0 atom stereocenters. The highest BCUT2D eigenvalue weighted by molar-refractivity contribution is 6.31. The van der Waals surface area contributed by atoms with Gasteiger partial charge in [-0.15, -0.1) is 0 Å². The second kappa shape index (κ2) is 9.18. The third kappa shape index (κ3) is 5.78. The monoisotopic (exact) mass is 347 g/mol. The number of carbonyl (C=O) groups excluding carboxylic acids is 1. The number of hydrogen-bond acceptors (Lipinski definition) is 3. The predicted molar refractivity (Wildman–Crippen MR) is 97.2 cm³/mol. The average molecular weight is 348 g/mol. The topological polar surface area (TPSA) is 47.6 Å². The van der Waals surface area contributed by atoms with Crippen LogP contribution < -0.4 is 14.8 Å². The highest BCUT2D eigenvalue weighted by atomic mass is 35.5. The van der Waals surface area contributed by atoms with Crippen LogP contribution in [0.5, 0.6) is 11.5 Å². The van der Waals surface area contributed by atoms with E-state index in [9.17, 15) is 4.79 Å². The van der Waals surface area contributed by atoms with Gasteiger partial charge in [0.15, 0.2) is 6.61 Å². The Morgan fingerprint density at radius 1 is 1.08 bits per heavy atom. The van der Waals surface area contributed by atoms with Crippen molar-refractivity contribution in [2.24, 2.45) is 0 Å². The molecule has 2 aromatic carbocycles. The Kier molecular flexibility index (Phi) is 6.94. The average Bonchev–Trinajstić information content (AvgIpc) is 2.58. The number of halogens is 1. The largest absolute Gasteiger partial charge is 0.494 e. The summed E-state index contributed by atoms with van der Waals surface area (Å²) < 4.78 is 11.1. The molecule has 128 valence electrons. The first kappa shape index (κ1) is 18.1. The van der Waals surface area contributed by atoms with Crippen molar-refractivity contribution in [3.05, 3.63) is 53.1 Å². The smallest absolute Gasteiger partial charge is 0.262 e. The van der Waals surface area contributed by atoms with Gasteiger partial charge in [0.05, 0.1) is 6.61 Å². The lowest BCUT2D eigenvalue weighted by atomic mass is 10.2. The zero-order valence-corrected chi connectivity index (χ0v) is 14.7. The fourth-order valence-electron chi connectivity index (χ4n) is 2.02. The summed E-state index contributed by atoms with van der Waals surface area (Å²) in [5, 5.41) is 3.46. The quantitative estimate of drug-likeness (QED) is 0.695. The van der Waals surface area contributed by atoms with Crippen LogP contribution in [-0.4, -0.2) is 19.1 Å². The molecule has 0 saturated carbocycles. The van der Waals surface area contributed by atoms with Crippen LogP contribution in [0.2, 0.25) is 5.02 Å². The fraction of sp³-hybridized carbons (Fsp3) is 0.316. The molecule has 0 aromatic heterocycles. The van der Waals surface area contributed by atoms with Crippen molar-refractivity contribution < 1.29 is 14.3 Å². The molecule has 0 aliphatic heterocycles. The van der Waals surface area contributed by atoms with E-state index in [0.717, 1.165) is 24.2 Å². The number of hydrogen-bond donors (Lipinski definition) is 1. The van der Waals surface area contributed by atoms with E-state index in [-0.39, 0.29) is 12.5 Å². The zero-order valence-electron chi connectivity index (χ0n) is 14.0. The molecule has 0 fully saturated rings. The maximum absolute atomic E-state index is 11.9. The minimum absolute atomic E-state index is 0.0597. The van der Waals surface area contributed by atoms with Gasteiger partial charge in [0, 0.05) is 10.7 Å². The van der Waals surface area contributed by atoms with Gasteiger partial charge in [-0.3, -0.25) is 4.79 Å². The van der Waals surface area contributed by atoms with Crippen LogP contribution in [0.25, 0.3) is 0 Å². The molecule has 24 heavy (non-hydrogen) atoms. The molecule has 1 N–H and O–H groups in total. The molecule has 2 aromatic rings. The standard InChI is InChI=1S/C19H22ClNO3/c1-3-4-11-23-16-7-5-15(6-8-16)21-19(22)13-24-17-9-10-18(20)14(2)12-17/h5-10,12H,3-4,11,13H2,1-2H3,(H,21,22). The molecule has 0 aliphatic carbocycles. The summed E-state index contributed by atoms with van der Waals surface area (Å²) in [7, 11) is 0. The lowest BCUT2D eigenvalue weighted by Crippen LogP contribution is -2.20. The zero-order chi connectivity index (χ0) is 17.4. The van der Waals surface area contributed by atoms with E-state index in [2.05, 4.69) is 12.2 Å². The van der Waals surface area contributed by atoms with Crippen molar-refractivity contribution in [3.63, 3.8) is 0 Å². The number of amides is 1. The number of unbranched alkanes of at least 4 members (excludes halogenated alkanes) is 1. The van der Waals surface area contributed by atoms with Crippen molar-refractivity contribution >= 4 is 23.2 Å². The van der Waals surface area contributed by atoms with E-state index in [1.807, 2.05) is 31.2 Å². The third-order valence-corrected chi connectivity index (χ3v) is 3.83. The Morgan fingerprint density at radius 2 is 1.79 bits per heavy atom. The van der Waals surface area contributed by atoms with Gasteiger partial charge in [-0.25, -0.2) is 0 Å². The van der Waals surface area contributed by atoms with Gasteiger partial charge in [0.25, 0.3) is 5.91 Å². The number of rotatable bonds is 8. The van der Waals surface area contributed by atoms with Crippen molar-refractivity contribution in [3.8, 4) is 11.5 Å². The first-order valence-electron chi connectivity index (χ1n) is 8.00. The van der Waals surface area contributed by atoms with E-state index in [1.54, 1.807) is 18.2 Å². The minimum Gasteiger partial charge on any atom is -0.494 e. The molecule has 1 amide bonds. The van der Waals surface area contributed by atoms with E-state index in [4.69, 9.17) is 21.1 Å². The van der Waals surface area contributed by atoms with Crippen molar-refractivity contribution in [1.29, 1.82) is 0 Å². The van der Waals surface area contributed by atoms with Crippen LogP contribution >= 0.6 is 11.6 Å². The molecule has 0 heterocycles. The summed E-state index contributed by atoms with van der Waals surface area (Å²) in [6.45, 7) is 4.65. The molecular formula is C19H22ClNO3. The minimum atomic E-state index is -0.220. The number of nitrogens with one attached hydrogen (secondary N) is 1. The van der Waals surface area contributed by atoms with Gasteiger partial charge < -0.3 is 14.8 Å². The maximum Gasteiger partial charge on any atom is 0.262 e. The molecule has 0 bridgehead atoms. The number of anilines is 1. The van der Waals surface area contributed by atoms with Gasteiger partial charge in [-0.05, 0) is 61.4 Å². The molecule has 5 heteroatoms. The second-order valence-corrected chi connectivity index (χ2v) is 5.88. The van der Waals surface area contributed by atoms with Gasteiger partial charge in [0.2, 0.25) is 0 Å². The van der Waals surface area contributed by atoms with Crippen LogP contribution in [0.1, 0.15) is 25.3 Å². The number of carbonyl (C=O) groups is 1. The van der Waals surface area contributed by atoms with E-state index in [1.165, 1.54) is 0 Å². The maximum atomic E-state index is 11.9. The van der Waals surface area contributed by atoms with Gasteiger partial charge in [-0.1, -0.05) is 24.9 Å². The normalized spacial score (nSPS) is 10.3. The summed E-state index contributed by atoms with van der Waals surface area (Å²) in [4.78, 5) is 11.9.